The molecule has 0 amide bonds. The summed E-state index contributed by atoms with van der Waals surface area (Å²) in [6.07, 6.45) is 4.88. The maximum atomic E-state index is 9.14. The van der Waals surface area contributed by atoms with Crippen molar-refractivity contribution >= 4 is 0 Å². The van der Waals surface area contributed by atoms with Gasteiger partial charge in [0.1, 0.15) is 0 Å². The summed E-state index contributed by atoms with van der Waals surface area (Å²) in [4.78, 5) is 3.36. The van der Waals surface area contributed by atoms with Crippen LogP contribution < -0.4 is 0 Å². The number of fused-ring (bicyclic) bond motifs is 1. The van der Waals surface area contributed by atoms with Crippen LogP contribution in [0, 0.1) is 6.92 Å². The Hall–Kier alpha value is -0.760. The van der Waals surface area contributed by atoms with Crippen LogP contribution in [0.3, 0.4) is 0 Å². The monoisotopic (exact) mass is 165 g/mol. The molecule has 2 N–H and O–H groups in total. The second-order valence-electron chi connectivity index (χ2n) is 3.55. The van der Waals surface area contributed by atoms with E-state index in [1.807, 2.05) is 6.92 Å². The molecule has 2 nitrogen and oxygen atoms in total. The summed E-state index contributed by atoms with van der Waals surface area (Å²) in [5.41, 5.74) is 5.05. The predicted molar refractivity (Wildman–Crippen MR) is 48.1 cm³/mol. The van der Waals surface area contributed by atoms with Crippen LogP contribution in [-0.2, 0) is 19.4 Å². The molecule has 0 bridgehead atoms. The van der Waals surface area contributed by atoms with E-state index in [9.17, 15) is 0 Å². The molecule has 0 radical (unpaired) electrons. The molecular formula is C10H15NO. The first-order valence-corrected chi connectivity index (χ1v) is 4.63. The minimum absolute atomic E-state index is 0.192. The number of aliphatic hydroxyl groups is 1. The lowest BCUT2D eigenvalue weighted by atomic mass is 9.95. The maximum absolute atomic E-state index is 9.14. The third-order valence-corrected chi connectivity index (χ3v) is 2.78. The van der Waals surface area contributed by atoms with Gasteiger partial charge in [0.05, 0.1) is 6.61 Å². The van der Waals surface area contributed by atoms with Crippen LogP contribution >= 0.6 is 0 Å². The van der Waals surface area contributed by atoms with E-state index in [-0.39, 0.29) is 6.61 Å². The van der Waals surface area contributed by atoms with Gasteiger partial charge in [-0.25, -0.2) is 0 Å². The molecule has 0 saturated heterocycles. The normalized spacial score (nSPS) is 16.2. The molecular weight excluding hydrogens is 150 g/mol. The molecule has 0 aliphatic heterocycles. The first-order chi connectivity index (χ1) is 5.83. The second kappa shape index (κ2) is 2.94. The lowest BCUT2D eigenvalue weighted by molar-refractivity contribution is 0.280. The molecule has 1 aromatic heterocycles. The minimum atomic E-state index is 0.192. The Labute approximate surface area is 72.6 Å². The van der Waals surface area contributed by atoms with Crippen LogP contribution in [0.5, 0.6) is 0 Å². The van der Waals surface area contributed by atoms with Crippen molar-refractivity contribution in [3.05, 3.63) is 22.5 Å². The van der Waals surface area contributed by atoms with Crippen molar-refractivity contribution in [2.75, 3.05) is 0 Å². The van der Waals surface area contributed by atoms with Crippen LogP contribution in [0.25, 0.3) is 0 Å². The molecule has 0 aromatic carbocycles. The van der Waals surface area contributed by atoms with Crippen molar-refractivity contribution in [2.45, 2.75) is 39.2 Å². The van der Waals surface area contributed by atoms with Gasteiger partial charge in [0.25, 0.3) is 0 Å². The highest BCUT2D eigenvalue weighted by Gasteiger charge is 2.16. The Morgan fingerprint density at radius 3 is 2.83 bits per heavy atom. The van der Waals surface area contributed by atoms with Crippen molar-refractivity contribution in [1.29, 1.82) is 0 Å². The molecule has 0 spiro atoms. The predicted octanol–water partition coefficient (Wildman–Crippen LogP) is 1.69. The third kappa shape index (κ3) is 1.07. The first-order valence-electron chi connectivity index (χ1n) is 4.63. The van der Waals surface area contributed by atoms with Crippen molar-refractivity contribution in [1.82, 2.24) is 4.98 Å². The summed E-state index contributed by atoms with van der Waals surface area (Å²) in [5, 5.41) is 9.14. The van der Waals surface area contributed by atoms with Crippen molar-refractivity contribution in [3.63, 3.8) is 0 Å². The van der Waals surface area contributed by atoms with Crippen LogP contribution in [-0.4, -0.2) is 10.1 Å². The molecule has 0 atom stereocenters. The highest BCUT2D eigenvalue weighted by atomic mass is 16.3. The van der Waals surface area contributed by atoms with Crippen molar-refractivity contribution < 1.29 is 5.11 Å². The molecule has 0 fully saturated rings. The van der Waals surface area contributed by atoms with Gasteiger partial charge in [0.15, 0.2) is 0 Å². The van der Waals surface area contributed by atoms with E-state index < -0.39 is 0 Å². The van der Waals surface area contributed by atoms with Gasteiger partial charge in [0.2, 0.25) is 0 Å². The van der Waals surface area contributed by atoms with E-state index in [0.717, 1.165) is 24.1 Å². The fourth-order valence-corrected chi connectivity index (χ4v) is 2.12. The fraction of sp³-hybridized carbons (Fsp3) is 0.600. The molecule has 1 aliphatic rings. The van der Waals surface area contributed by atoms with Gasteiger partial charge in [-0.15, -0.1) is 0 Å². The number of rotatable bonds is 1. The second-order valence-corrected chi connectivity index (χ2v) is 3.55. The SMILES string of the molecule is Cc1[nH]c2c(c1CO)CCCC2. The highest BCUT2D eigenvalue weighted by molar-refractivity contribution is 5.37. The molecule has 0 saturated carbocycles. The number of aliphatic hydroxyl groups excluding tert-OH is 1. The zero-order valence-electron chi connectivity index (χ0n) is 7.48. The molecule has 2 rings (SSSR count). The quantitative estimate of drug-likeness (QED) is 0.652. The zero-order chi connectivity index (χ0) is 8.55. The van der Waals surface area contributed by atoms with Gasteiger partial charge >= 0.3 is 0 Å². The van der Waals surface area contributed by atoms with Gasteiger partial charge in [-0.1, -0.05) is 0 Å². The molecule has 66 valence electrons. The number of aryl methyl sites for hydroxylation is 2. The van der Waals surface area contributed by atoms with Crippen LogP contribution in [0.2, 0.25) is 0 Å². The molecule has 12 heavy (non-hydrogen) atoms. The van der Waals surface area contributed by atoms with Gasteiger partial charge in [-0.2, -0.15) is 0 Å². The molecule has 1 aliphatic carbocycles. The highest BCUT2D eigenvalue weighted by Crippen LogP contribution is 2.26. The molecule has 2 heteroatoms. The molecule has 1 heterocycles. The van der Waals surface area contributed by atoms with Gasteiger partial charge in [-0.05, 0) is 38.2 Å². The van der Waals surface area contributed by atoms with E-state index in [2.05, 4.69) is 4.98 Å². The average molecular weight is 165 g/mol. The van der Waals surface area contributed by atoms with Crippen LogP contribution in [0.1, 0.15) is 35.4 Å². The summed E-state index contributed by atoms with van der Waals surface area (Å²) in [6, 6.07) is 0. The molecule has 0 unspecified atom stereocenters. The van der Waals surface area contributed by atoms with Gasteiger partial charge in [0, 0.05) is 17.0 Å². The van der Waals surface area contributed by atoms with Crippen molar-refractivity contribution in [3.8, 4) is 0 Å². The Kier molecular flexibility index (Phi) is 1.93. The van der Waals surface area contributed by atoms with E-state index in [1.54, 1.807) is 0 Å². The summed E-state index contributed by atoms with van der Waals surface area (Å²) < 4.78 is 0. The largest absolute Gasteiger partial charge is 0.392 e. The lowest BCUT2D eigenvalue weighted by Crippen LogP contribution is -2.02. The maximum Gasteiger partial charge on any atom is 0.0702 e. The lowest BCUT2D eigenvalue weighted by Gasteiger charge is -2.11. The zero-order valence-corrected chi connectivity index (χ0v) is 7.48. The number of hydrogen-bond donors (Lipinski definition) is 2. The number of hydrogen-bond acceptors (Lipinski definition) is 1. The van der Waals surface area contributed by atoms with Gasteiger partial charge in [-0.3, -0.25) is 0 Å². The fourth-order valence-electron chi connectivity index (χ4n) is 2.12. The average Bonchev–Trinajstić information content (AvgIpc) is 2.40. The topological polar surface area (TPSA) is 36.0 Å². The summed E-state index contributed by atoms with van der Waals surface area (Å²) in [5.74, 6) is 0. The third-order valence-electron chi connectivity index (χ3n) is 2.78. The number of H-pyrrole nitrogens is 1. The van der Waals surface area contributed by atoms with Crippen molar-refractivity contribution in [2.24, 2.45) is 0 Å². The Morgan fingerprint density at radius 1 is 1.33 bits per heavy atom. The minimum Gasteiger partial charge on any atom is -0.392 e. The van der Waals surface area contributed by atoms with Gasteiger partial charge < -0.3 is 10.1 Å². The van der Waals surface area contributed by atoms with E-state index >= 15 is 0 Å². The Balaban J connectivity index is 2.46. The van der Waals surface area contributed by atoms with E-state index in [1.165, 1.54) is 24.1 Å². The van der Waals surface area contributed by atoms with Crippen LogP contribution in [0.4, 0.5) is 0 Å². The number of aromatic nitrogens is 1. The standard InChI is InChI=1S/C10H15NO/c1-7-9(6-12)8-4-2-3-5-10(8)11-7/h11-12H,2-6H2,1H3. The molecule has 1 aromatic rings. The van der Waals surface area contributed by atoms with Crippen LogP contribution in [0.15, 0.2) is 0 Å². The van der Waals surface area contributed by atoms with E-state index in [0.29, 0.717) is 0 Å². The summed E-state index contributed by atoms with van der Waals surface area (Å²) in [7, 11) is 0. The number of aromatic amines is 1. The Bertz CT molecular complexity index is 288. The summed E-state index contributed by atoms with van der Waals surface area (Å²) >= 11 is 0. The smallest absolute Gasteiger partial charge is 0.0702 e. The Morgan fingerprint density at radius 2 is 2.08 bits per heavy atom. The summed E-state index contributed by atoms with van der Waals surface area (Å²) in [6.45, 7) is 2.24. The first kappa shape index (κ1) is 7.87. The number of nitrogens with one attached hydrogen (secondary N) is 1. The van der Waals surface area contributed by atoms with E-state index in [4.69, 9.17) is 5.11 Å².